The largest absolute Gasteiger partial charge is 0.517 e. The number of rotatable bonds is 3. The lowest BCUT2D eigenvalue weighted by atomic mass is 9.82. The van der Waals surface area contributed by atoms with Gasteiger partial charge in [-0.05, 0) is 59.4 Å². The van der Waals surface area contributed by atoms with Crippen molar-refractivity contribution in [1.82, 2.24) is 14.7 Å². The Morgan fingerprint density at radius 2 is 1.56 bits per heavy atom. The van der Waals surface area contributed by atoms with Crippen LogP contribution in [-0.4, -0.2) is 52.1 Å². The molecule has 0 atom stereocenters. The highest BCUT2D eigenvalue weighted by atomic mass is 16.7. The maximum atomic E-state index is 6.31. The molecule has 1 aliphatic carbocycles. The van der Waals surface area contributed by atoms with E-state index in [0.717, 1.165) is 17.0 Å². The molecule has 3 heterocycles. The number of fused-ring (bicyclic) bond motifs is 1. The van der Waals surface area contributed by atoms with Gasteiger partial charge in [-0.25, -0.2) is 0 Å². The summed E-state index contributed by atoms with van der Waals surface area (Å²) in [6.07, 6.45) is 5.12. The number of aromatic nitrogens is 2. The first-order chi connectivity index (χ1) is 12.9. The normalized spacial score (nSPS) is 26.1. The van der Waals surface area contributed by atoms with Gasteiger partial charge < -0.3 is 14.2 Å². The minimum Gasteiger partial charge on any atom is -0.398 e. The summed E-state index contributed by atoms with van der Waals surface area (Å²) in [5.74, 6) is 0. The summed E-state index contributed by atoms with van der Waals surface area (Å²) in [5, 5.41) is 6.21. The highest BCUT2D eigenvalue weighted by Crippen LogP contribution is 2.37. The van der Waals surface area contributed by atoms with Gasteiger partial charge in [-0.2, -0.15) is 5.10 Å². The van der Waals surface area contributed by atoms with Crippen LogP contribution < -0.4 is 5.59 Å². The maximum absolute atomic E-state index is 6.31. The standard InChI is InChI=1S/C21H30BN3O2/c1-20(2)21(3,4)27-22(26-20)19-17-7-5-6-8-18(17)25(23-19)16-11-13-24(14-12-16)15-9-10-15/h5-8,15-16H,9-14H2,1-4H3. The number of para-hydroxylation sites is 1. The van der Waals surface area contributed by atoms with Crippen molar-refractivity contribution in [3.05, 3.63) is 24.3 Å². The minimum atomic E-state index is -0.410. The average Bonchev–Trinajstić information content (AvgIpc) is 3.37. The van der Waals surface area contributed by atoms with Gasteiger partial charge in [-0.15, -0.1) is 0 Å². The molecule has 27 heavy (non-hydrogen) atoms. The Labute approximate surface area is 162 Å². The molecule has 1 aromatic carbocycles. The second-order valence-electron chi connectivity index (χ2n) is 9.43. The van der Waals surface area contributed by atoms with E-state index in [4.69, 9.17) is 14.4 Å². The van der Waals surface area contributed by atoms with E-state index in [1.54, 1.807) is 0 Å². The van der Waals surface area contributed by atoms with E-state index >= 15 is 0 Å². The molecule has 0 radical (unpaired) electrons. The summed E-state index contributed by atoms with van der Waals surface area (Å²) >= 11 is 0. The van der Waals surface area contributed by atoms with E-state index in [2.05, 4.69) is 61.5 Å². The Hall–Kier alpha value is -1.37. The lowest BCUT2D eigenvalue weighted by Gasteiger charge is -2.32. The Morgan fingerprint density at radius 3 is 2.19 bits per heavy atom. The van der Waals surface area contributed by atoms with E-state index in [-0.39, 0.29) is 11.2 Å². The maximum Gasteiger partial charge on any atom is 0.517 e. The second-order valence-corrected chi connectivity index (χ2v) is 9.43. The molecule has 1 aromatic heterocycles. The number of hydrogen-bond acceptors (Lipinski definition) is 4. The summed E-state index contributed by atoms with van der Waals surface area (Å²) in [7, 11) is -0.410. The molecule has 2 saturated heterocycles. The van der Waals surface area contributed by atoms with Crippen molar-refractivity contribution >= 4 is 23.6 Å². The molecule has 2 aromatic rings. The van der Waals surface area contributed by atoms with E-state index in [1.165, 1.54) is 44.3 Å². The van der Waals surface area contributed by atoms with E-state index in [0.29, 0.717) is 6.04 Å². The van der Waals surface area contributed by atoms with Crippen LogP contribution in [0.5, 0.6) is 0 Å². The molecule has 1 saturated carbocycles. The molecule has 0 bridgehead atoms. The summed E-state index contributed by atoms with van der Waals surface area (Å²) in [4.78, 5) is 2.66. The molecule has 5 rings (SSSR count). The van der Waals surface area contributed by atoms with E-state index in [9.17, 15) is 0 Å². The van der Waals surface area contributed by atoms with Crippen molar-refractivity contribution in [3.63, 3.8) is 0 Å². The topological polar surface area (TPSA) is 39.5 Å². The molecule has 3 fully saturated rings. The van der Waals surface area contributed by atoms with Crippen molar-refractivity contribution in [3.8, 4) is 0 Å². The molecular formula is C21H30BN3O2. The SMILES string of the molecule is CC1(C)OB(c2nn(C3CCN(C4CC4)CC3)c3ccccc23)OC1(C)C. The van der Waals surface area contributed by atoms with E-state index in [1.807, 2.05) is 0 Å². The van der Waals surface area contributed by atoms with Gasteiger partial charge in [0.25, 0.3) is 0 Å². The first-order valence-corrected chi connectivity index (χ1v) is 10.4. The number of likely N-dealkylation sites (tertiary alicyclic amines) is 1. The van der Waals surface area contributed by atoms with Crippen LogP contribution in [-0.2, 0) is 9.31 Å². The first-order valence-electron chi connectivity index (χ1n) is 10.4. The van der Waals surface area contributed by atoms with Gasteiger partial charge in [0, 0.05) is 24.5 Å². The van der Waals surface area contributed by atoms with Crippen LogP contribution in [0.15, 0.2) is 24.3 Å². The van der Waals surface area contributed by atoms with Crippen LogP contribution in [0.3, 0.4) is 0 Å². The van der Waals surface area contributed by atoms with Crippen LogP contribution in [0, 0.1) is 0 Å². The third kappa shape index (κ3) is 2.93. The zero-order chi connectivity index (χ0) is 18.8. The fourth-order valence-electron chi connectivity index (χ4n) is 4.46. The van der Waals surface area contributed by atoms with Gasteiger partial charge in [0.1, 0.15) is 5.59 Å². The molecule has 144 valence electrons. The van der Waals surface area contributed by atoms with Gasteiger partial charge in [-0.3, -0.25) is 4.68 Å². The van der Waals surface area contributed by atoms with Crippen molar-refractivity contribution in [2.75, 3.05) is 13.1 Å². The smallest absolute Gasteiger partial charge is 0.398 e. The minimum absolute atomic E-state index is 0.349. The number of piperidine rings is 1. The number of nitrogens with zero attached hydrogens (tertiary/aromatic N) is 3. The third-order valence-electron chi connectivity index (χ3n) is 7.03. The molecule has 5 nitrogen and oxygen atoms in total. The van der Waals surface area contributed by atoms with Gasteiger partial charge in [0.15, 0.2) is 0 Å². The zero-order valence-corrected chi connectivity index (χ0v) is 16.9. The van der Waals surface area contributed by atoms with Crippen molar-refractivity contribution in [2.45, 2.75) is 76.7 Å². The molecular weight excluding hydrogens is 337 g/mol. The highest BCUT2D eigenvalue weighted by molar-refractivity contribution is 6.64. The fourth-order valence-corrected chi connectivity index (χ4v) is 4.46. The zero-order valence-electron chi connectivity index (χ0n) is 16.9. The predicted molar refractivity (Wildman–Crippen MR) is 108 cm³/mol. The molecule has 3 aliphatic rings. The second kappa shape index (κ2) is 6.06. The van der Waals surface area contributed by atoms with Crippen molar-refractivity contribution in [2.24, 2.45) is 0 Å². The van der Waals surface area contributed by atoms with Crippen LogP contribution >= 0.6 is 0 Å². The summed E-state index contributed by atoms with van der Waals surface area (Å²) in [6, 6.07) is 9.84. The Bertz CT molecular complexity index is 834. The van der Waals surface area contributed by atoms with Crippen LogP contribution in [0.25, 0.3) is 10.9 Å². The monoisotopic (exact) mass is 367 g/mol. The average molecular weight is 367 g/mol. The van der Waals surface area contributed by atoms with Gasteiger partial charge >= 0.3 is 7.12 Å². The Balaban J connectivity index is 1.47. The molecule has 0 amide bonds. The quantitative estimate of drug-likeness (QED) is 0.782. The predicted octanol–water partition coefficient (Wildman–Crippen LogP) is 3.13. The lowest BCUT2D eigenvalue weighted by Crippen LogP contribution is -2.41. The van der Waals surface area contributed by atoms with E-state index < -0.39 is 7.12 Å². The lowest BCUT2D eigenvalue weighted by molar-refractivity contribution is 0.00578. The van der Waals surface area contributed by atoms with Crippen LogP contribution in [0.1, 0.15) is 59.4 Å². The van der Waals surface area contributed by atoms with Crippen molar-refractivity contribution < 1.29 is 9.31 Å². The molecule has 0 unspecified atom stereocenters. The first kappa shape index (κ1) is 17.7. The summed E-state index contributed by atoms with van der Waals surface area (Å²) in [6.45, 7) is 10.8. The number of benzene rings is 1. The van der Waals surface area contributed by atoms with Crippen LogP contribution in [0.4, 0.5) is 0 Å². The molecule has 6 heteroatoms. The number of hydrogen-bond donors (Lipinski definition) is 0. The molecule has 0 spiro atoms. The Morgan fingerprint density at radius 1 is 0.926 bits per heavy atom. The van der Waals surface area contributed by atoms with Gasteiger partial charge in [0.05, 0.1) is 22.8 Å². The summed E-state index contributed by atoms with van der Waals surface area (Å²) < 4.78 is 14.9. The Kier molecular flexibility index (Phi) is 3.98. The fraction of sp³-hybridized carbons (Fsp3) is 0.667. The van der Waals surface area contributed by atoms with Gasteiger partial charge in [-0.1, -0.05) is 18.2 Å². The summed E-state index contributed by atoms with van der Waals surface area (Å²) in [5.41, 5.74) is 1.43. The highest BCUT2D eigenvalue weighted by Gasteiger charge is 2.53. The van der Waals surface area contributed by atoms with Crippen LogP contribution in [0.2, 0.25) is 0 Å². The van der Waals surface area contributed by atoms with Gasteiger partial charge in [0.2, 0.25) is 0 Å². The molecule has 0 N–H and O–H groups in total. The molecule has 2 aliphatic heterocycles. The third-order valence-corrected chi connectivity index (χ3v) is 7.03. The van der Waals surface area contributed by atoms with Crippen molar-refractivity contribution in [1.29, 1.82) is 0 Å².